The molecule has 0 atom stereocenters. The lowest BCUT2D eigenvalue weighted by Crippen LogP contribution is -2.10. The van der Waals surface area contributed by atoms with E-state index in [4.69, 9.17) is 8.83 Å². The average Bonchev–Trinajstić information content (AvgIpc) is 4.04. The number of aromatic nitrogens is 4. The first-order chi connectivity index (χ1) is 26.9. The van der Waals surface area contributed by atoms with Gasteiger partial charge in [0.15, 0.2) is 0 Å². The smallest absolute Gasteiger partial charge is 0.248 e. The molecular formula is C46H36N4O2S4. The van der Waals surface area contributed by atoms with Gasteiger partial charge in [-0.05, 0) is 106 Å². The van der Waals surface area contributed by atoms with Crippen molar-refractivity contribution in [1.29, 1.82) is 0 Å². The molecule has 0 radical (unpaired) electrons. The standard InChI is InChI=1S/C46H36N4O2S4/c1-45(2,3)35-21-17-33(18-22-35)41-49-47-39(51-41)31-13-7-29(8-14-31)11-25-37-27-53-43(55-37)44-54-28-38(56-44)26-12-30-9-15-32(16-10-30)40-48-50-42(52-40)34-19-23-36(24-20-34)46(4,5)6/h7-10,13-24,27-28H,1-6H3/b44-43-. The number of nitrogens with zero attached hydrogens (tertiary/aromatic N) is 4. The van der Waals surface area contributed by atoms with E-state index in [1.54, 1.807) is 47.0 Å². The summed E-state index contributed by atoms with van der Waals surface area (Å²) in [5, 5.41) is 21.4. The van der Waals surface area contributed by atoms with Gasteiger partial charge < -0.3 is 8.83 Å². The van der Waals surface area contributed by atoms with Crippen LogP contribution in [-0.2, 0) is 10.8 Å². The van der Waals surface area contributed by atoms with Crippen LogP contribution in [0, 0.1) is 23.7 Å². The largest absolute Gasteiger partial charge is 0.416 e. The van der Waals surface area contributed by atoms with Gasteiger partial charge in [0.1, 0.15) is 0 Å². The normalized spacial score (nSPS) is 15.5. The molecule has 0 amide bonds. The van der Waals surface area contributed by atoms with Gasteiger partial charge >= 0.3 is 0 Å². The van der Waals surface area contributed by atoms with Gasteiger partial charge in [-0.2, -0.15) is 0 Å². The first-order valence-corrected chi connectivity index (χ1v) is 21.3. The van der Waals surface area contributed by atoms with E-state index in [1.807, 2.05) is 72.8 Å². The van der Waals surface area contributed by atoms with Gasteiger partial charge in [0, 0.05) is 33.4 Å². The molecule has 8 rings (SSSR count). The quantitative estimate of drug-likeness (QED) is 0.161. The number of allylic oxidation sites excluding steroid dienone is 2. The van der Waals surface area contributed by atoms with Gasteiger partial charge in [-0.25, -0.2) is 0 Å². The maximum Gasteiger partial charge on any atom is 0.248 e. The van der Waals surface area contributed by atoms with E-state index in [2.05, 4.69) is 121 Å². The van der Waals surface area contributed by atoms with Crippen molar-refractivity contribution in [2.24, 2.45) is 0 Å². The van der Waals surface area contributed by atoms with Crippen molar-refractivity contribution in [2.45, 2.75) is 52.4 Å². The number of thioether (sulfide) groups is 4. The number of benzene rings is 4. The molecule has 0 spiro atoms. The summed E-state index contributed by atoms with van der Waals surface area (Å²) in [6.45, 7) is 13.2. The molecule has 0 saturated heterocycles. The van der Waals surface area contributed by atoms with Crippen molar-refractivity contribution in [3.63, 3.8) is 0 Å². The highest BCUT2D eigenvalue weighted by Gasteiger charge is 2.21. The predicted octanol–water partition coefficient (Wildman–Crippen LogP) is 12.9. The van der Waals surface area contributed by atoms with Crippen molar-refractivity contribution in [3.05, 3.63) is 148 Å². The Kier molecular flexibility index (Phi) is 10.7. The van der Waals surface area contributed by atoms with E-state index >= 15 is 0 Å². The molecule has 0 fully saturated rings. The molecule has 0 bridgehead atoms. The van der Waals surface area contributed by atoms with Crippen molar-refractivity contribution in [2.75, 3.05) is 0 Å². The molecule has 276 valence electrons. The SMILES string of the molecule is CC(C)(C)c1ccc(-c2nnc(-c3ccc(C#CC4=CS/C(=C5\SC=C(C#Cc6ccc(-c7nnc(-c8ccc(C(C)(C)C)cc8)o7)cc6)S5)S4)cc3)o2)cc1. The van der Waals surface area contributed by atoms with Gasteiger partial charge in [-0.1, -0.05) is 137 Å². The third kappa shape index (κ3) is 8.80. The highest BCUT2D eigenvalue weighted by molar-refractivity contribution is 8.33. The van der Waals surface area contributed by atoms with E-state index in [9.17, 15) is 0 Å². The van der Waals surface area contributed by atoms with E-state index in [-0.39, 0.29) is 10.8 Å². The summed E-state index contributed by atoms with van der Waals surface area (Å²) in [6.07, 6.45) is 0. The maximum absolute atomic E-state index is 6.01. The summed E-state index contributed by atoms with van der Waals surface area (Å²) in [4.78, 5) is 2.04. The molecular weight excluding hydrogens is 769 g/mol. The Morgan fingerprint density at radius 1 is 0.411 bits per heavy atom. The molecule has 10 heteroatoms. The molecule has 2 aliphatic heterocycles. The highest BCUT2D eigenvalue weighted by atomic mass is 32.2. The topological polar surface area (TPSA) is 77.8 Å². The average molecular weight is 805 g/mol. The van der Waals surface area contributed by atoms with Crippen molar-refractivity contribution in [1.82, 2.24) is 20.4 Å². The van der Waals surface area contributed by atoms with Crippen LogP contribution in [0.2, 0.25) is 0 Å². The predicted molar refractivity (Wildman–Crippen MR) is 235 cm³/mol. The summed E-state index contributed by atoms with van der Waals surface area (Å²) >= 11 is 6.82. The molecule has 2 aromatic heterocycles. The Labute approximate surface area is 344 Å². The first-order valence-electron chi connectivity index (χ1n) is 17.9. The molecule has 4 aromatic carbocycles. The Balaban J connectivity index is 0.837. The monoisotopic (exact) mass is 804 g/mol. The third-order valence-corrected chi connectivity index (χ3v) is 14.0. The fourth-order valence-corrected chi connectivity index (χ4v) is 10.1. The minimum atomic E-state index is 0.0862. The minimum absolute atomic E-state index is 0.0862. The van der Waals surface area contributed by atoms with Gasteiger partial charge in [0.2, 0.25) is 23.6 Å². The van der Waals surface area contributed by atoms with Crippen molar-refractivity contribution >= 4 is 47.0 Å². The van der Waals surface area contributed by atoms with Gasteiger partial charge in [0.25, 0.3) is 0 Å². The summed E-state index contributed by atoms with van der Waals surface area (Å²) < 4.78 is 14.5. The van der Waals surface area contributed by atoms with Gasteiger partial charge in [-0.3, -0.25) is 0 Å². The number of hydrogen-bond acceptors (Lipinski definition) is 10. The van der Waals surface area contributed by atoms with Crippen LogP contribution in [0.3, 0.4) is 0 Å². The molecule has 2 aliphatic rings. The van der Waals surface area contributed by atoms with Crippen molar-refractivity contribution in [3.8, 4) is 69.5 Å². The van der Waals surface area contributed by atoms with Crippen LogP contribution in [0.25, 0.3) is 45.8 Å². The third-order valence-electron chi connectivity index (χ3n) is 8.89. The van der Waals surface area contributed by atoms with Gasteiger partial charge in [0.05, 0.1) is 18.3 Å². The Morgan fingerprint density at radius 3 is 1.02 bits per heavy atom. The first kappa shape index (κ1) is 37.8. The zero-order valence-corrected chi connectivity index (χ0v) is 34.9. The van der Waals surface area contributed by atoms with E-state index < -0.39 is 0 Å². The Morgan fingerprint density at radius 2 is 0.714 bits per heavy atom. The van der Waals surface area contributed by atoms with Crippen molar-refractivity contribution < 1.29 is 8.83 Å². The second-order valence-corrected chi connectivity index (χ2v) is 19.5. The molecule has 6 nitrogen and oxygen atoms in total. The summed E-state index contributed by atoms with van der Waals surface area (Å²) in [5.41, 5.74) is 8.04. The molecule has 56 heavy (non-hydrogen) atoms. The molecule has 0 saturated carbocycles. The number of rotatable bonds is 4. The van der Waals surface area contributed by atoms with Crippen LogP contribution in [0.4, 0.5) is 0 Å². The molecule has 0 N–H and O–H groups in total. The van der Waals surface area contributed by atoms with Gasteiger partial charge in [-0.15, -0.1) is 20.4 Å². The molecule has 0 aliphatic carbocycles. The Hall–Kier alpha value is -5.10. The lowest BCUT2D eigenvalue weighted by atomic mass is 9.87. The highest BCUT2D eigenvalue weighted by Crippen LogP contribution is 2.55. The molecule has 0 unspecified atom stereocenters. The summed E-state index contributed by atoms with van der Waals surface area (Å²) in [7, 11) is 0. The van der Waals surface area contributed by atoms with Crippen LogP contribution >= 0.6 is 47.0 Å². The van der Waals surface area contributed by atoms with Crippen LogP contribution in [0.1, 0.15) is 63.8 Å². The number of hydrogen-bond donors (Lipinski definition) is 0. The minimum Gasteiger partial charge on any atom is -0.416 e. The van der Waals surface area contributed by atoms with E-state index in [1.165, 1.54) is 19.6 Å². The second kappa shape index (κ2) is 15.8. The van der Waals surface area contributed by atoms with Crippen LogP contribution in [0.15, 0.2) is 135 Å². The lowest BCUT2D eigenvalue weighted by molar-refractivity contribution is 0.582. The van der Waals surface area contributed by atoms with Crippen LogP contribution < -0.4 is 0 Å². The molecule has 6 aromatic rings. The summed E-state index contributed by atoms with van der Waals surface area (Å²) in [6, 6.07) is 32.4. The Bertz CT molecular complexity index is 2450. The lowest BCUT2D eigenvalue weighted by Gasteiger charge is -2.18. The zero-order chi connectivity index (χ0) is 38.9. The second-order valence-electron chi connectivity index (χ2n) is 15.1. The fourth-order valence-electron chi connectivity index (χ4n) is 5.60. The fraction of sp³-hybridized carbons (Fsp3) is 0.174. The van der Waals surface area contributed by atoms with E-state index in [0.29, 0.717) is 23.6 Å². The van der Waals surface area contributed by atoms with E-state index in [0.717, 1.165) is 43.2 Å². The zero-order valence-electron chi connectivity index (χ0n) is 31.6. The maximum atomic E-state index is 6.01. The summed E-state index contributed by atoms with van der Waals surface area (Å²) in [5.74, 6) is 15.2. The van der Waals surface area contributed by atoms with Crippen LogP contribution in [0.5, 0.6) is 0 Å². The molecule has 4 heterocycles. The van der Waals surface area contributed by atoms with Crippen LogP contribution in [-0.4, -0.2) is 20.4 Å².